The second-order valence-electron chi connectivity index (χ2n) is 6.93. The highest BCUT2D eigenvalue weighted by Gasteiger charge is 2.18. The molecular formula is C21H25NO4. The number of fused-ring (bicyclic) bond motifs is 1. The lowest BCUT2D eigenvalue weighted by Gasteiger charge is -2.26. The van der Waals surface area contributed by atoms with Gasteiger partial charge in [0, 0.05) is 30.1 Å². The van der Waals surface area contributed by atoms with Crippen LogP contribution in [0.4, 0.5) is 0 Å². The second-order valence-corrected chi connectivity index (χ2v) is 6.93. The summed E-state index contributed by atoms with van der Waals surface area (Å²) in [5.41, 5.74) is 2.10. The van der Waals surface area contributed by atoms with Crippen molar-refractivity contribution in [1.82, 2.24) is 4.90 Å². The molecule has 5 nitrogen and oxygen atoms in total. The number of amides is 1. The monoisotopic (exact) mass is 355 g/mol. The topological polar surface area (TPSA) is 59.8 Å². The van der Waals surface area contributed by atoms with Crippen LogP contribution in [0.15, 0.2) is 45.1 Å². The third-order valence-electron chi connectivity index (χ3n) is 4.62. The Morgan fingerprint density at radius 3 is 2.62 bits per heavy atom. The summed E-state index contributed by atoms with van der Waals surface area (Å²) >= 11 is 0. The number of nitrogens with zero attached hydrogens (tertiary/aromatic N) is 1. The van der Waals surface area contributed by atoms with Gasteiger partial charge in [0.15, 0.2) is 6.61 Å². The molecule has 1 fully saturated rings. The molecule has 0 aliphatic carbocycles. The number of ether oxygens (including phenoxy) is 1. The van der Waals surface area contributed by atoms with Gasteiger partial charge >= 0.3 is 5.63 Å². The molecule has 0 N–H and O–H groups in total. The van der Waals surface area contributed by atoms with E-state index in [2.05, 4.69) is 6.08 Å². The molecule has 5 heteroatoms. The molecule has 0 unspecified atom stereocenters. The molecule has 0 saturated carbocycles. The molecular weight excluding hydrogens is 330 g/mol. The van der Waals surface area contributed by atoms with Crippen molar-refractivity contribution >= 4 is 16.9 Å². The number of carbonyl (C=O) groups is 1. The van der Waals surface area contributed by atoms with Crippen LogP contribution in [0.3, 0.4) is 0 Å². The van der Waals surface area contributed by atoms with E-state index in [1.165, 1.54) is 12.5 Å². The Morgan fingerprint density at radius 2 is 1.88 bits per heavy atom. The third kappa shape index (κ3) is 4.34. The Morgan fingerprint density at radius 1 is 1.15 bits per heavy atom. The van der Waals surface area contributed by atoms with Crippen molar-refractivity contribution in [1.29, 1.82) is 0 Å². The molecule has 26 heavy (non-hydrogen) atoms. The fraction of sp³-hybridized carbons (Fsp3) is 0.429. The van der Waals surface area contributed by atoms with Gasteiger partial charge in [0.1, 0.15) is 11.3 Å². The van der Waals surface area contributed by atoms with Crippen LogP contribution in [0.25, 0.3) is 11.0 Å². The molecule has 1 amide bonds. The van der Waals surface area contributed by atoms with Crippen molar-refractivity contribution in [3.8, 4) is 5.75 Å². The minimum atomic E-state index is -0.391. The van der Waals surface area contributed by atoms with Crippen molar-refractivity contribution in [2.24, 2.45) is 0 Å². The van der Waals surface area contributed by atoms with Gasteiger partial charge in [0.25, 0.3) is 5.91 Å². The zero-order valence-electron chi connectivity index (χ0n) is 15.4. The van der Waals surface area contributed by atoms with Crippen molar-refractivity contribution < 1.29 is 13.9 Å². The van der Waals surface area contributed by atoms with Gasteiger partial charge in [-0.15, -0.1) is 0 Å². The Kier molecular flexibility index (Phi) is 5.76. The van der Waals surface area contributed by atoms with Gasteiger partial charge in [-0.1, -0.05) is 11.6 Å². The van der Waals surface area contributed by atoms with E-state index in [9.17, 15) is 9.59 Å². The van der Waals surface area contributed by atoms with Gasteiger partial charge in [-0.2, -0.15) is 0 Å². The largest absolute Gasteiger partial charge is 0.483 e. The van der Waals surface area contributed by atoms with Crippen LogP contribution < -0.4 is 10.4 Å². The summed E-state index contributed by atoms with van der Waals surface area (Å²) in [6, 6.07) is 6.86. The van der Waals surface area contributed by atoms with Crippen molar-refractivity contribution in [3.05, 3.63) is 51.9 Å². The van der Waals surface area contributed by atoms with Gasteiger partial charge in [0.05, 0.1) is 0 Å². The van der Waals surface area contributed by atoms with Crippen molar-refractivity contribution in [3.63, 3.8) is 0 Å². The Hall–Kier alpha value is -2.56. The summed E-state index contributed by atoms with van der Waals surface area (Å²) in [4.78, 5) is 25.9. The average molecular weight is 355 g/mol. The summed E-state index contributed by atoms with van der Waals surface area (Å²) in [6.45, 7) is 5.65. The summed E-state index contributed by atoms with van der Waals surface area (Å²) in [5, 5.41) is 0.844. The predicted octanol–water partition coefficient (Wildman–Crippen LogP) is 3.69. The van der Waals surface area contributed by atoms with Crippen LogP contribution in [0.5, 0.6) is 5.75 Å². The van der Waals surface area contributed by atoms with Crippen LogP contribution >= 0.6 is 0 Å². The predicted molar refractivity (Wildman–Crippen MR) is 102 cm³/mol. The molecule has 2 heterocycles. The van der Waals surface area contributed by atoms with Gasteiger partial charge in [-0.05, 0) is 57.7 Å². The van der Waals surface area contributed by atoms with Crippen LogP contribution in [0.2, 0.25) is 0 Å². The van der Waals surface area contributed by atoms with E-state index in [-0.39, 0.29) is 12.5 Å². The molecule has 0 atom stereocenters. The van der Waals surface area contributed by atoms with Gasteiger partial charge in [-0.3, -0.25) is 4.79 Å². The summed E-state index contributed by atoms with van der Waals surface area (Å²) in [7, 11) is 0. The minimum absolute atomic E-state index is 0.00436. The highest BCUT2D eigenvalue weighted by Crippen LogP contribution is 2.28. The fourth-order valence-electron chi connectivity index (χ4n) is 3.18. The molecule has 1 aliphatic heterocycles. The number of hydrogen-bond donors (Lipinski definition) is 0. The number of hydrogen-bond acceptors (Lipinski definition) is 4. The molecule has 1 aromatic heterocycles. The Balaban J connectivity index is 1.86. The maximum absolute atomic E-state index is 12.4. The molecule has 0 radical (unpaired) electrons. The number of rotatable bonds is 5. The van der Waals surface area contributed by atoms with Crippen LogP contribution in [0.1, 0.15) is 38.7 Å². The molecule has 0 spiro atoms. The number of piperidine rings is 1. The van der Waals surface area contributed by atoms with E-state index < -0.39 is 5.63 Å². The fourth-order valence-corrected chi connectivity index (χ4v) is 3.18. The van der Waals surface area contributed by atoms with Crippen LogP contribution in [-0.4, -0.2) is 30.5 Å². The maximum Gasteiger partial charge on any atom is 0.336 e. The standard InChI is InChI=1S/C21H25NO4/c1-15(2)6-9-17-18(10-7-16-8-11-20(24)26-21(16)17)25-14-19(23)22-12-4-3-5-13-22/h6-8,10-11H,3-5,9,12-14H2,1-2H3. The van der Waals surface area contributed by atoms with Crippen molar-refractivity contribution in [2.75, 3.05) is 19.7 Å². The number of carbonyl (C=O) groups excluding carboxylic acids is 1. The lowest BCUT2D eigenvalue weighted by Crippen LogP contribution is -2.38. The molecule has 0 bridgehead atoms. The highest BCUT2D eigenvalue weighted by atomic mass is 16.5. The first-order chi connectivity index (χ1) is 12.5. The number of likely N-dealkylation sites (tertiary alicyclic amines) is 1. The molecule has 2 aromatic rings. The lowest BCUT2D eigenvalue weighted by atomic mass is 10.1. The van der Waals surface area contributed by atoms with E-state index in [0.29, 0.717) is 17.8 Å². The molecule has 1 aliphatic rings. The Labute approximate surface area is 153 Å². The number of benzene rings is 1. The molecule has 1 saturated heterocycles. The van der Waals surface area contributed by atoms with E-state index in [0.717, 1.165) is 42.5 Å². The van der Waals surface area contributed by atoms with Gasteiger partial charge in [0.2, 0.25) is 0 Å². The van der Waals surface area contributed by atoms with Crippen molar-refractivity contribution in [2.45, 2.75) is 39.5 Å². The van der Waals surface area contributed by atoms with E-state index in [1.807, 2.05) is 30.9 Å². The normalized spacial score (nSPS) is 14.3. The van der Waals surface area contributed by atoms with Gasteiger partial charge < -0.3 is 14.1 Å². The maximum atomic E-state index is 12.4. The van der Waals surface area contributed by atoms with E-state index in [4.69, 9.17) is 9.15 Å². The molecule has 3 rings (SSSR count). The van der Waals surface area contributed by atoms with Crippen LogP contribution in [0, 0.1) is 0 Å². The number of allylic oxidation sites excluding steroid dienone is 2. The SMILES string of the molecule is CC(C)=CCc1c(OCC(=O)N2CCCCC2)ccc2ccc(=O)oc12. The first-order valence-electron chi connectivity index (χ1n) is 9.14. The average Bonchev–Trinajstić information content (AvgIpc) is 2.65. The Bertz CT molecular complexity index is 871. The first kappa shape index (κ1) is 18.2. The lowest BCUT2D eigenvalue weighted by molar-refractivity contribution is -0.134. The zero-order chi connectivity index (χ0) is 18.5. The van der Waals surface area contributed by atoms with Crippen LogP contribution in [-0.2, 0) is 11.2 Å². The smallest absolute Gasteiger partial charge is 0.336 e. The summed E-state index contributed by atoms with van der Waals surface area (Å²) in [6.07, 6.45) is 5.93. The third-order valence-corrected chi connectivity index (χ3v) is 4.62. The summed E-state index contributed by atoms with van der Waals surface area (Å²) in [5.74, 6) is 0.599. The summed E-state index contributed by atoms with van der Waals surface area (Å²) < 4.78 is 11.3. The zero-order valence-corrected chi connectivity index (χ0v) is 15.4. The van der Waals surface area contributed by atoms with Gasteiger partial charge in [-0.25, -0.2) is 4.79 Å². The minimum Gasteiger partial charge on any atom is -0.483 e. The molecule has 1 aromatic carbocycles. The highest BCUT2D eigenvalue weighted by molar-refractivity contribution is 5.83. The first-order valence-corrected chi connectivity index (χ1v) is 9.14. The molecule has 138 valence electrons. The quantitative estimate of drug-likeness (QED) is 0.606. The van der Waals surface area contributed by atoms with E-state index >= 15 is 0 Å². The second kappa shape index (κ2) is 8.21. The van der Waals surface area contributed by atoms with E-state index in [1.54, 1.807) is 6.07 Å².